The van der Waals surface area contributed by atoms with Crippen molar-refractivity contribution in [2.24, 2.45) is 0 Å². The van der Waals surface area contributed by atoms with Crippen LogP contribution in [0.15, 0.2) is 53.0 Å². The minimum atomic E-state index is 0.589. The summed E-state index contributed by atoms with van der Waals surface area (Å²) >= 11 is 3.54. The van der Waals surface area contributed by atoms with E-state index in [1.165, 1.54) is 11.1 Å². The van der Waals surface area contributed by atoms with Crippen LogP contribution >= 0.6 is 15.9 Å². The Hall–Kier alpha value is -1.32. The second-order valence-electron chi connectivity index (χ2n) is 4.72. The summed E-state index contributed by atoms with van der Waals surface area (Å²) in [7, 11) is 0. The first-order valence-electron chi connectivity index (χ1n) is 6.95. The zero-order chi connectivity index (χ0) is 14.2. The molecule has 0 amide bonds. The average Bonchev–Trinajstić information content (AvgIpc) is 2.49. The lowest BCUT2D eigenvalue weighted by Gasteiger charge is -2.11. The second kappa shape index (κ2) is 8.08. The van der Waals surface area contributed by atoms with Gasteiger partial charge in [0.2, 0.25) is 0 Å². The van der Waals surface area contributed by atoms with E-state index < -0.39 is 0 Å². The molecule has 0 unspecified atom stereocenters. The van der Waals surface area contributed by atoms with E-state index in [0.717, 1.165) is 29.7 Å². The molecule has 0 aliphatic heterocycles. The van der Waals surface area contributed by atoms with Crippen molar-refractivity contribution in [1.29, 1.82) is 0 Å². The van der Waals surface area contributed by atoms with Crippen LogP contribution in [-0.2, 0) is 13.2 Å². The van der Waals surface area contributed by atoms with Gasteiger partial charge in [0.05, 0.1) is 4.47 Å². The summed E-state index contributed by atoms with van der Waals surface area (Å²) in [5.74, 6) is 0.893. The van der Waals surface area contributed by atoms with Crippen molar-refractivity contribution in [3.05, 3.63) is 64.1 Å². The third kappa shape index (κ3) is 4.66. The molecule has 0 heterocycles. The van der Waals surface area contributed by atoms with Gasteiger partial charge in [0.25, 0.3) is 0 Å². The maximum Gasteiger partial charge on any atom is 0.134 e. The number of nitrogens with one attached hydrogen (secondary N) is 1. The predicted octanol–water partition coefficient (Wildman–Crippen LogP) is 4.53. The molecule has 3 heteroatoms. The number of hydrogen-bond donors (Lipinski definition) is 1. The van der Waals surface area contributed by atoms with Gasteiger partial charge in [-0.15, -0.1) is 0 Å². The summed E-state index contributed by atoms with van der Waals surface area (Å²) in [6.07, 6.45) is 1.15. The molecule has 106 valence electrons. The summed E-state index contributed by atoms with van der Waals surface area (Å²) in [6, 6.07) is 16.5. The Bertz CT molecular complexity index is 528. The topological polar surface area (TPSA) is 21.3 Å². The van der Waals surface area contributed by atoms with Crippen molar-refractivity contribution in [2.75, 3.05) is 6.54 Å². The molecule has 0 aromatic heterocycles. The monoisotopic (exact) mass is 333 g/mol. The minimum absolute atomic E-state index is 0.589. The van der Waals surface area contributed by atoms with Crippen LogP contribution in [0.2, 0.25) is 0 Å². The molecule has 0 aliphatic carbocycles. The molecule has 0 bridgehead atoms. The van der Waals surface area contributed by atoms with Gasteiger partial charge in [-0.3, -0.25) is 0 Å². The largest absolute Gasteiger partial charge is 0.488 e. The molecular formula is C17H20BrNO. The SMILES string of the molecule is CCCNCc1ccc(Br)c(OCc2ccccc2)c1. The summed E-state index contributed by atoms with van der Waals surface area (Å²) in [6.45, 7) is 4.67. The highest BCUT2D eigenvalue weighted by Crippen LogP contribution is 2.27. The normalized spacial score (nSPS) is 10.5. The van der Waals surface area contributed by atoms with Crippen LogP contribution in [-0.4, -0.2) is 6.54 Å². The first-order valence-corrected chi connectivity index (χ1v) is 7.74. The Kier molecular flexibility index (Phi) is 6.09. The molecule has 0 spiro atoms. The Balaban J connectivity index is 1.97. The van der Waals surface area contributed by atoms with Crippen molar-refractivity contribution in [3.8, 4) is 5.75 Å². The molecule has 2 nitrogen and oxygen atoms in total. The van der Waals surface area contributed by atoms with E-state index >= 15 is 0 Å². The van der Waals surface area contributed by atoms with Gasteiger partial charge in [0, 0.05) is 6.54 Å². The molecule has 2 aromatic rings. The first-order chi connectivity index (χ1) is 9.79. The number of halogens is 1. The van der Waals surface area contributed by atoms with Crippen LogP contribution < -0.4 is 10.1 Å². The fourth-order valence-corrected chi connectivity index (χ4v) is 2.27. The first kappa shape index (κ1) is 15.1. The molecule has 0 atom stereocenters. The van der Waals surface area contributed by atoms with Crippen LogP contribution in [0.3, 0.4) is 0 Å². The number of rotatable bonds is 7. The van der Waals surface area contributed by atoms with E-state index in [0.29, 0.717) is 6.61 Å². The molecule has 1 N–H and O–H groups in total. The van der Waals surface area contributed by atoms with Gasteiger partial charge in [0.1, 0.15) is 12.4 Å². The van der Waals surface area contributed by atoms with Gasteiger partial charge in [0.15, 0.2) is 0 Å². The van der Waals surface area contributed by atoms with E-state index in [-0.39, 0.29) is 0 Å². The number of benzene rings is 2. The molecule has 2 rings (SSSR count). The molecule has 20 heavy (non-hydrogen) atoms. The van der Waals surface area contributed by atoms with Crippen LogP contribution in [0.25, 0.3) is 0 Å². The average molecular weight is 334 g/mol. The standard InChI is InChI=1S/C17H20BrNO/c1-2-10-19-12-15-8-9-16(18)17(11-15)20-13-14-6-4-3-5-7-14/h3-9,11,19H,2,10,12-13H2,1H3. The molecule has 0 aliphatic rings. The highest BCUT2D eigenvalue weighted by molar-refractivity contribution is 9.10. The van der Waals surface area contributed by atoms with Gasteiger partial charge in [-0.25, -0.2) is 0 Å². The highest BCUT2D eigenvalue weighted by Gasteiger charge is 2.03. The van der Waals surface area contributed by atoms with E-state index in [1.807, 2.05) is 24.3 Å². The van der Waals surface area contributed by atoms with Crippen molar-refractivity contribution in [2.45, 2.75) is 26.5 Å². The van der Waals surface area contributed by atoms with Crippen molar-refractivity contribution in [1.82, 2.24) is 5.32 Å². The van der Waals surface area contributed by atoms with Crippen molar-refractivity contribution >= 4 is 15.9 Å². The van der Waals surface area contributed by atoms with Crippen LogP contribution in [0.5, 0.6) is 5.75 Å². The van der Waals surface area contributed by atoms with Gasteiger partial charge >= 0.3 is 0 Å². The lowest BCUT2D eigenvalue weighted by Crippen LogP contribution is -2.13. The lowest BCUT2D eigenvalue weighted by molar-refractivity contribution is 0.304. The molecule has 0 saturated carbocycles. The summed E-state index contributed by atoms with van der Waals surface area (Å²) in [4.78, 5) is 0. The van der Waals surface area contributed by atoms with E-state index in [2.05, 4.69) is 52.4 Å². The zero-order valence-corrected chi connectivity index (χ0v) is 13.3. The quantitative estimate of drug-likeness (QED) is 0.751. The third-order valence-electron chi connectivity index (χ3n) is 2.99. The fourth-order valence-electron chi connectivity index (χ4n) is 1.91. The van der Waals surface area contributed by atoms with Gasteiger partial charge in [-0.05, 0) is 52.2 Å². The molecule has 0 fully saturated rings. The second-order valence-corrected chi connectivity index (χ2v) is 5.57. The highest BCUT2D eigenvalue weighted by atomic mass is 79.9. The Morgan fingerprint density at radius 3 is 2.60 bits per heavy atom. The smallest absolute Gasteiger partial charge is 0.134 e. The number of hydrogen-bond acceptors (Lipinski definition) is 2. The van der Waals surface area contributed by atoms with E-state index in [9.17, 15) is 0 Å². The Morgan fingerprint density at radius 1 is 1.05 bits per heavy atom. The maximum absolute atomic E-state index is 5.90. The van der Waals surface area contributed by atoms with Crippen LogP contribution in [0, 0.1) is 0 Å². The maximum atomic E-state index is 5.90. The summed E-state index contributed by atoms with van der Waals surface area (Å²) in [5.41, 5.74) is 2.42. The Labute approximate surface area is 129 Å². The van der Waals surface area contributed by atoms with E-state index in [1.54, 1.807) is 0 Å². The van der Waals surface area contributed by atoms with Crippen molar-refractivity contribution < 1.29 is 4.74 Å². The lowest BCUT2D eigenvalue weighted by atomic mass is 10.2. The molecular weight excluding hydrogens is 314 g/mol. The number of ether oxygens (including phenoxy) is 1. The van der Waals surface area contributed by atoms with Crippen molar-refractivity contribution in [3.63, 3.8) is 0 Å². The predicted molar refractivity (Wildman–Crippen MR) is 86.9 cm³/mol. The van der Waals surface area contributed by atoms with Crippen LogP contribution in [0.4, 0.5) is 0 Å². The van der Waals surface area contributed by atoms with Gasteiger partial charge in [-0.2, -0.15) is 0 Å². The zero-order valence-electron chi connectivity index (χ0n) is 11.7. The molecule has 0 saturated heterocycles. The molecule has 0 radical (unpaired) electrons. The van der Waals surface area contributed by atoms with E-state index in [4.69, 9.17) is 4.74 Å². The van der Waals surface area contributed by atoms with Crippen LogP contribution in [0.1, 0.15) is 24.5 Å². The van der Waals surface area contributed by atoms with Gasteiger partial charge in [-0.1, -0.05) is 43.3 Å². The molecule has 2 aromatic carbocycles. The fraction of sp³-hybridized carbons (Fsp3) is 0.294. The minimum Gasteiger partial charge on any atom is -0.488 e. The summed E-state index contributed by atoms with van der Waals surface area (Å²) < 4.78 is 6.89. The van der Waals surface area contributed by atoms with Gasteiger partial charge < -0.3 is 10.1 Å². The Morgan fingerprint density at radius 2 is 1.85 bits per heavy atom. The third-order valence-corrected chi connectivity index (χ3v) is 3.64. The summed E-state index contributed by atoms with van der Waals surface area (Å²) in [5, 5.41) is 3.40.